The van der Waals surface area contributed by atoms with Crippen molar-refractivity contribution in [2.45, 2.75) is 39.2 Å². The highest BCUT2D eigenvalue weighted by Gasteiger charge is 2.17. The standard InChI is InChI=1S/C14H31N3/c1-5-17(13(2)12-16(3)4)11-8-14-6-9-15-10-7-14/h13-15H,5-12H2,1-4H3. The molecule has 0 aromatic rings. The lowest BCUT2D eigenvalue weighted by Gasteiger charge is -2.32. The Bertz CT molecular complexity index is 188. The van der Waals surface area contributed by atoms with Gasteiger partial charge in [-0.2, -0.15) is 0 Å². The minimum Gasteiger partial charge on any atom is -0.317 e. The van der Waals surface area contributed by atoms with Gasteiger partial charge in [-0.1, -0.05) is 6.92 Å². The third kappa shape index (κ3) is 5.84. The lowest BCUT2D eigenvalue weighted by Crippen LogP contribution is -2.41. The van der Waals surface area contributed by atoms with Crippen molar-refractivity contribution < 1.29 is 0 Å². The van der Waals surface area contributed by atoms with Crippen LogP contribution in [-0.2, 0) is 0 Å². The van der Waals surface area contributed by atoms with E-state index in [2.05, 4.69) is 43.1 Å². The van der Waals surface area contributed by atoms with Crippen LogP contribution in [0.3, 0.4) is 0 Å². The maximum atomic E-state index is 3.44. The summed E-state index contributed by atoms with van der Waals surface area (Å²) in [5.41, 5.74) is 0. The molecule has 17 heavy (non-hydrogen) atoms. The molecular formula is C14H31N3. The molecule has 1 aliphatic rings. The second kappa shape index (κ2) is 8.06. The molecule has 1 heterocycles. The number of nitrogens with zero attached hydrogens (tertiary/aromatic N) is 2. The summed E-state index contributed by atoms with van der Waals surface area (Å²) in [6.07, 6.45) is 4.13. The molecular weight excluding hydrogens is 210 g/mol. The highest BCUT2D eigenvalue weighted by atomic mass is 15.2. The number of rotatable bonds is 7. The Morgan fingerprint density at radius 3 is 2.41 bits per heavy atom. The minimum absolute atomic E-state index is 0.678. The molecule has 1 aliphatic heterocycles. The highest BCUT2D eigenvalue weighted by Crippen LogP contribution is 2.17. The molecule has 1 unspecified atom stereocenters. The van der Waals surface area contributed by atoms with E-state index in [1.54, 1.807) is 0 Å². The first-order chi connectivity index (χ1) is 8.13. The normalized spacial score (nSPS) is 20.1. The topological polar surface area (TPSA) is 18.5 Å². The molecule has 1 fully saturated rings. The zero-order chi connectivity index (χ0) is 12.7. The summed E-state index contributed by atoms with van der Waals surface area (Å²) >= 11 is 0. The fraction of sp³-hybridized carbons (Fsp3) is 1.00. The quantitative estimate of drug-likeness (QED) is 0.731. The fourth-order valence-electron chi connectivity index (χ4n) is 2.85. The van der Waals surface area contributed by atoms with Gasteiger partial charge in [-0.05, 0) is 72.4 Å². The molecule has 3 heteroatoms. The minimum atomic E-state index is 0.678. The summed E-state index contributed by atoms with van der Waals surface area (Å²) in [5, 5.41) is 3.44. The van der Waals surface area contributed by atoms with Gasteiger partial charge >= 0.3 is 0 Å². The Kier molecular flexibility index (Phi) is 7.09. The van der Waals surface area contributed by atoms with Crippen molar-refractivity contribution in [3.8, 4) is 0 Å². The molecule has 1 N–H and O–H groups in total. The first-order valence-electron chi connectivity index (χ1n) is 7.23. The SMILES string of the molecule is CCN(CCC1CCNCC1)C(C)CN(C)C. The Morgan fingerprint density at radius 2 is 1.88 bits per heavy atom. The van der Waals surface area contributed by atoms with Crippen LogP contribution in [0.1, 0.15) is 33.1 Å². The van der Waals surface area contributed by atoms with E-state index < -0.39 is 0 Å². The summed E-state index contributed by atoms with van der Waals surface area (Å²) in [4.78, 5) is 4.92. The van der Waals surface area contributed by atoms with E-state index in [0.717, 1.165) is 5.92 Å². The van der Waals surface area contributed by atoms with Gasteiger partial charge in [0.25, 0.3) is 0 Å². The zero-order valence-electron chi connectivity index (χ0n) is 12.2. The molecule has 0 aromatic carbocycles. The van der Waals surface area contributed by atoms with Gasteiger partial charge < -0.3 is 10.2 Å². The van der Waals surface area contributed by atoms with Crippen LogP contribution in [0.5, 0.6) is 0 Å². The molecule has 1 saturated heterocycles. The number of nitrogens with one attached hydrogen (secondary N) is 1. The van der Waals surface area contributed by atoms with Crippen molar-refractivity contribution in [1.82, 2.24) is 15.1 Å². The second-order valence-electron chi connectivity index (χ2n) is 5.72. The lowest BCUT2D eigenvalue weighted by molar-refractivity contribution is 0.165. The second-order valence-corrected chi connectivity index (χ2v) is 5.72. The van der Waals surface area contributed by atoms with Crippen LogP contribution >= 0.6 is 0 Å². The largest absolute Gasteiger partial charge is 0.317 e. The van der Waals surface area contributed by atoms with Gasteiger partial charge in [0, 0.05) is 12.6 Å². The number of hydrogen-bond donors (Lipinski definition) is 1. The van der Waals surface area contributed by atoms with Crippen LogP contribution in [-0.4, -0.2) is 62.7 Å². The number of piperidine rings is 1. The van der Waals surface area contributed by atoms with E-state index in [4.69, 9.17) is 0 Å². The van der Waals surface area contributed by atoms with E-state index in [9.17, 15) is 0 Å². The Labute approximate surface area is 108 Å². The van der Waals surface area contributed by atoms with Crippen molar-refractivity contribution in [3.63, 3.8) is 0 Å². The predicted molar refractivity (Wildman–Crippen MR) is 75.5 cm³/mol. The van der Waals surface area contributed by atoms with Crippen molar-refractivity contribution >= 4 is 0 Å². The Hall–Kier alpha value is -0.120. The molecule has 0 aliphatic carbocycles. The van der Waals surface area contributed by atoms with Crippen LogP contribution in [0.25, 0.3) is 0 Å². The van der Waals surface area contributed by atoms with Crippen molar-refractivity contribution in [2.24, 2.45) is 5.92 Å². The molecule has 3 nitrogen and oxygen atoms in total. The average molecular weight is 241 g/mol. The van der Waals surface area contributed by atoms with E-state index in [1.165, 1.54) is 52.0 Å². The summed E-state index contributed by atoms with van der Waals surface area (Å²) in [7, 11) is 4.33. The van der Waals surface area contributed by atoms with Gasteiger partial charge in [0.05, 0.1) is 0 Å². The third-order valence-electron chi connectivity index (χ3n) is 3.94. The smallest absolute Gasteiger partial charge is 0.0194 e. The lowest BCUT2D eigenvalue weighted by atomic mass is 9.94. The monoisotopic (exact) mass is 241 g/mol. The maximum absolute atomic E-state index is 3.44. The zero-order valence-corrected chi connectivity index (χ0v) is 12.2. The highest BCUT2D eigenvalue weighted by molar-refractivity contribution is 4.73. The molecule has 1 atom stereocenters. The Morgan fingerprint density at radius 1 is 1.24 bits per heavy atom. The van der Waals surface area contributed by atoms with E-state index in [1.807, 2.05) is 0 Å². The average Bonchev–Trinajstić information content (AvgIpc) is 2.30. The van der Waals surface area contributed by atoms with Crippen molar-refractivity contribution in [2.75, 3.05) is 46.8 Å². The molecule has 0 spiro atoms. The number of hydrogen-bond acceptors (Lipinski definition) is 3. The molecule has 0 bridgehead atoms. The molecule has 0 amide bonds. The number of likely N-dealkylation sites (N-methyl/N-ethyl adjacent to an activating group) is 2. The fourth-order valence-corrected chi connectivity index (χ4v) is 2.85. The third-order valence-corrected chi connectivity index (χ3v) is 3.94. The first-order valence-corrected chi connectivity index (χ1v) is 7.23. The van der Waals surface area contributed by atoms with Gasteiger partial charge in [-0.15, -0.1) is 0 Å². The van der Waals surface area contributed by atoms with Gasteiger partial charge in [-0.3, -0.25) is 4.90 Å². The van der Waals surface area contributed by atoms with E-state index >= 15 is 0 Å². The molecule has 102 valence electrons. The van der Waals surface area contributed by atoms with E-state index in [0.29, 0.717) is 6.04 Å². The van der Waals surface area contributed by atoms with Gasteiger partial charge in [0.15, 0.2) is 0 Å². The summed E-state index contributed by atoms with van der Waals surface area (Å²) in [6.45, 7) is 10.7. The van der Waals surface area contributed by atoms with Crippen molar-refractivity contribution in [1.29, 1.82) is 0 Å². The van der Waals surface area contributed by atoms with Gasteiger partial charge in [0.2, 0.25) is 0 Å². The van der Waals surface area contributed by atoms with Crippen LogP contribution in [0, 0.1) is 5.92 Å². The molecule has 0 radical (unpaired) electrons. The van der Waals surface area contributed by atoms with E-state index in [-0.39, 0.29) is 0 Å². The Balaban J connectivity index is 2.25. The van der Waals surface area contributed by atoms with Gasteiger partial charge in [-0.25, -0.2) is 0 Å². The molecule has 1 rings (SSSR count). The van der Waals surface area contributed by atoms with Crippen LogP contribution < -0.4 is 5.32 Å². The predicted octanol–water partition coefficient (Wildman–Crippen LogP) is 1.65. The summed E-state index contributed by atoms with van der Waals surface area (Å²) in [6, 6.07) is 0.678. The molecule has 0 aromatic heterocycles. The maximum Gasteiger partial charge on any atom is 0.0194 e. The van der Waals surface area contributed by atoms with Crippen molar-refractivity contribution in [3.05, 3.63) is 0 Å². The van der Waals surface area contributed by atoms with Crippen LogP contribution in [0.2, 0.25) is 0 Å². The first kappa shape index (κ1) is 14.9. The summed E-state index contributed by atoms with van der Waals surface area (Å²) in [5.74, 6) is 0.955. The van der Waals surface area contributed by atoms with Crippen LogP contribution in [0.4, 0.5) is 0 Å². The molecule has 0 saturated carbocycles. The van der Waals surface area contributed by atoms with Gasteiger partial charge in [0.1, 0.15) is 0 Å². The van der Waals surface area contributed by atoms with Crippen LogP contribution in [0.15, 0.2) is 0 Å². The summed E-state index contributed by atoms with van der Waals surface area (Å²) < 4.78 is 0.